The molecule has 1 aliphatic heterocycles. The zero-order valence-electron chi connectivity index (χ0n) is 10.2. The number of aromatic nitrogens is 2. The molecule has 18 heavy (non-hydrogen) atoms. The second-order valence-corrected chi connectivity index (χ2v) is 4.79. The molecule has 94 valence electrons. The lowest BCUT2D eigenvalue weighted by Crippen LogP contribution is -2.21. The predicted octanol–water partition coefficient (Wildman–Crippen LogP) is 1.44. The average Bonchev–Trinajstić information content (AvgIpc) is 3.02. The van der Waals surface area contributed by atoms with Gasteiger partial charge in [-0.2, -0.15) is 5.10 Å². The van der Waals surface area contributed by atoms with Crippen molar-refractivity contribution in [1.82, 2.24) is 14.7 Å². The van der Waals surface area contributed by atoms with Crippen LogP contribution in [0.25, 0.3) is 5.69 Å². The third-order valence-electron chi connectivity index (χ3n) is 3.36. The van der Waals surface area contributed by atoms with E-state index in [4.69, 9.17) is 0 Å². The van der Waals surface area contributed by atoms with Gasteiger partial charge in [-0.3, -0.25) is 4.90 Å². The zero-order chi connectivity index (χ0) is 12.4. The first kappa shape index (κ1) is 11.4. The Morgan fingerprint density at radius 2 is 2.11 bits per heavy atom. The number of rotatable bonds is 3. The predicted molar refractivity (Wildman–Crippen MR) is 69.5 cm³/mol. The second-order valence-electron chi connectivity index (χ2n) is 4.79. The van der Waals surface area contributed by atoms with E-state index in [1.807, 2.05) is 16.9 Å². The summed E-state index contributed by atoms with van der Waals surface area (Å²) in [6, 6.07) is 10.3. The number of likely N-dealkylation sites (tertiary alicyclic amines) is 1. The Bertz CT molecular complexity index is 492. The Kier molecular flexibility index (Phi) is 3.13. The highest BCUT2D eigenvalue weighted by molar-refractivity contribution is 5.33. The standard InChI is InChI=1S/C14H17N3O/c18-14-6-9-16(11-14)10-12-2-4-13(5-3-12)17-8-1-7-15-17/h1-5,7-8,14,18H,6,9-11H2. The molecule has 1 atom stereocenters. The monoisotopic (exact) mass is 243 g/mol. The van der Waals surface area contributed by atoms with E-state index in [0.29, 0.717) is 0 Å². The SMILES string of the molecule is OC1CCN(Cc2ccc(-n3cccn3)cc2)C1. The van der Waals surface area contributed by atoms with Crippen LogP contribution in [0.2, 0.25) is 0 Å². The summed E-state index contributed by atoms with van der Waals surface area (Å²) >= 11 is 0. The van der Waals surface area contributed by atoms with Gasteiger partial charge in [0.05, 0.1) is 11.8 Å². The molecule has 1 N–H and O–H groups in total. The molecule has 0 radical (unpaired) electrons. The molecular formula is C14H17N3O. The maximum absolute atomic E-state index is 9.49. The lowest BCUT2D eigenvalue weighted by atomic mass is 10.2. The first-order valence-electron chi connectivity index (χ1n) is 6.30. The lowest BCUT2D eigenvalue weighted by molar-refractivity contribution is 0.175. The quantitative estimate of drug-likeness (QED) is 0.887. The van der Waals surface area contributed by atoms with Gasteiger partial charge in [0.25, 0.3) is 0 Å². The molecule has 1 aromatic heterocycles. The van der Waals surface area contributed by atoms with E-state index in [2.05, 4.69) is 34.3 Å². The highest BCUT2D eigenvalue weighted by atomic mass is 16.3. The normalized spacial score (nSPS) is 20.4. The van der Waals surface area contributed by atoms with Crippen LogP contribution in [-0.2, 0) is 6.54 Å². The van der Waals surface area contributed by atoms with E-state index in [0.717, 1.165) is 31.7 Å². The molecule has 4 nitrogen and oxygen atoms in total. The van der Waals surface area contributed by atoms with Crippen molar-refractivity contribution >= 4 is 0 Å². The van der Waals surface area contributed by atoms with Crippen LogP contribution >= 0.6 is 0 Å². The minimum Gasteiger partial charge on any atom is -0.392 e. The van der Waals surface area contributed by atoms with Crippen molar-refractivity contribution < 1.29 is 5.11 Å². The molecule has 1 aliphatic rings. The molecule has 4 heteroatoms. The van der Waals surface area contributed by atoms with Gasteiger partial charge in [0.1, 0.15) is 0 Å². The van der Waals surface area contributed by atoms with Gasteiger partial charge in [0, 0.05) is 32.0 Å². The van der Waals surface area contributed by atoms with Crippen molar-refractivity contribution in [3.05, 3.63) is 48.3 Å². The van der Waals surface area contributed by atoms with Gasteiger partial charge in [0.2, 0.25) is 0 Å². The van der Waals surface area contributed by atoms with Crippen LogP contribution in [0.4, 0.5) is 0 Å². The molecule has 2 aromatic rings. The summed E-state index contributed by atoms with van der Waals surface area (Å²) in [5.41, 5.74) is 2.35. The van der Waals surface area contributed by atoms with Crippen LogP contribution in [0.3, 0.4) is 0 Å². The molecule has 1 saturated heterocycles. The lowest BCUT2D eigenvalue weighted by Gasteiger charge is -2.15. The van der Waals surface area contributed by atoms with Crippen molar-refractivity contribution in [1.29, 1.82) is 0 Å². The number of aliphatic hydroxyl groups is 1. The minimum absolute atomic E-state index is 0.145. The molecule has 2 heterocycles. The highest BCUT2D eigenvalue weighted by Crippen LogP contribution is 2.15. The molecule has 0 amide bonds. The average molecular weight is 243 g/mol. The minimum atomic E-state index is -0.145. The van der Waals surface area contributed by atoms with E-state index < -0.39 is 0 Å². The first-order valence-corrected chi connectivity index (χ1v) is 6.30. The zero-order valence-corrected chi connectivity index (χ0v) is 10.2. The summed E-state index contributed by atoms with van der Waals surface area (Å²) in [6.07, 6.45) is 4.46. The van der Waals surface area contributed by atoms with Gasteiger partial charge < -0.3 is 5.11 Å². The first-order chi connectivity index (χ1) is 8.81. The van der Waals surface area contributed by atoms with E-state index in [1.165, 1.54) is 5.56 Å². The molecule has 0 saturated carbocycles. The van der Waals surface area contributed by atoms with E-state index >= 15 is 0 Å². The number of nitrogens with zero attached hydrogens (tertiary/aromatic N) is 3. The van der Waals surface area contributed by atoms with Crippen molar-refractivity contribution in [3.8, 4) is 5.69 Å². The number of β-amino-alcohol motifs (C(OH)–C–C–N with tert-alkyl or cyclic N) is 1. The molecular weight excluding hydrogens is 226 g/mol. The Hall–Kier alpha value is -1.65. The van der Waals surface area contributed by atoms with Crippen LogP contribution in [0, 0.1) is 0 Å². The summed E-state index contributed by atoms with van der Waals surface area (Å²) < 4.78 is 1.85. The van der Waals surface area contributed by atoms with Gasteiger partial charge in [0.15, 0.2) is 0 Å². The fraction of sp³-hybridized carbons (Fsp3) is 0.357. The molecule has 1 aromatic carbocycles. The third kappa shape index (κ3) is 2.44. The van der Waals surface area contributed by atoms with Gasteiger partial charge in [-0.25, -0.2) is 4.68 Å². The molecule has 1 unspecified atom stereocenters. The molecule has 3 rings (SSSR count). The molecule has 0 aliphatic carbocycles. The van der Waals surface area contributed by atoms with Gasteiger partial charge in [-0.1, -0.05) is 12.1 Å². The van der Waals surface area contributed by atoms with E-state index in [1.54, 1.807) is 6.20 Å². The Labute approximate surface area is 106 Å². The van der Waals surface area contributed by atoms with E-state index in [-0.39, 0.29) is 6.10 Å². The van der Waals surface area contributed by atoms with Crippen LogP contribution in [0.1, 0.15) is 12.0 Å². The summed E-state index contributed by atoms with van der Waals surface area (Å²) in [7, 11) is 0. The molecule has 0 spiro atoms. The Morgan fingerprint density at radius 1 is 1.28 bits per heavy atom. The summed E-state index contributed by atoms with van der Waals surface area (Å²) in [6.45, 7) is 2.69. The number of hydrogen-bond acceptors (Lipinski definition) is 3. The van der Waals surface area contributed by atoms with Gasteiger partial charge in [-0.15, -0.1) is 0 Å². The third-order valence-corrected chi connectivity index (χ3v) is 3.36. The second kappa shape index (κ2) is 4.92. The fourth-order valence-electron chi connectivity index (χ4n) is 2.39. The molecule has 1 fully saturated rings. The van der Waals surface area contributed by atoms with Crippen LogP contribution in [-0.4, -0.2) is 39.0 Å². The highest BCUT2D eigenvalue weighted by Gasteiger charge is 2.19. The van der Waals surface area contributed by atoms with Crippen LogP contribution < -0.4 is 0 Å². The Balaban J connectivity index is 1.68. The van der Waals surface area contributed by atoms with Gasteiger partial charge in [-0.05, 0) is 30.2 Å². The summed E-state index contributed by atoms with van der Waals surface area (Å²) in [5, 5.41) is 13.7. The largest absolute Gasteiger partial charge is 0.392 e. The maximum Gasteiger partial charge on any atom is 0.0679 e. The van der Waals surface area contributed by atoms with Crippen LogP contribution in [0.5, 0.6) is 0 Å². The van der Waals surface area contributed by atoms with Crippen molar-refractivity contribution in [3.63, 3.8) is 0 Å². The number of benzene rings is 1. The van der Waals surface area contributed by atoms with Crippen LogP contribution in [0.15, 0.2) is 42.7 Å². The van der Waals surface area contributed by atoms with Crippen molar-refractivity contribution in [2.24, 2.45) is 0 Å². The van der Waals surface area contributed by atoms with Crippen molar-refractivity contribution in [2.45, 2.75) is 19.1 Å². The van der Waals surface area contributed by atoms with Gasteiger partial charge >= 0.3 is 0 Å². The fourth-order valence-corrected chi connectivity index (χ4v) is 2.39. The topological polar surface area (TPSA) is 41.3 Å². The number of hydrogen-bond donors (Lipinski definition) is 1. The molecule has 0 bridgehead atoms. The number of aliphatic hydroxyl groups excluding tert-OH is 1. The van der Waals surface area contributed by atoms with E-state index in [9.17, 15) is 5.11 Å². The smallest absolute Gasteiger partial charge is 0.0679 e. The van der Waals surface area contributed by atoms with Crippen molar-refractivity contribution in [2.75, 3.05) is 13.1 Å². The summed E-state index contributed by atoms with van der Waals surface area (Å²) in [4.78, 5) is 2.29. The maximum atomic E-state index is 9.49. The Morgan fingerprint density at radius 3 is 2.72 bits per heavy atom. The summed E-state index contributed by atoms with van der Waals surface area (Å²) in [5.74, 6) is 0.